The molecule has 3 nitrogen and oxygen atoms in total. The summed E-state index contributed by atoms with van der Waals surface area (Å²) in [5.41, 5.74) is 0.969. The minimum Gasteiger partial charge on any atom is -0.395 e. The van der Waals surface area contributed by atoms with Gasteiger partial charge in [-0.15, -0.1) is 0 Å². The Morgan fingerprint density at radius 3 is 2.65 bits per heavy atom. The summed E-state index contributed by atoms with van der Waals surface area (Å²) in [5.74, 6) is 0.552. The number of nitrogens with one attached hydrogen (secondary N) is 1. The standard InChI is InChI=1S/C13H21ClN2O/c1-9(2)7-11(8-17)16-10(3)12-5-4-6-15-13(12)14/h4-6,9-11,16-17H,7-8H2,1-3H3. The van der Waals surface area contributed by atoms with Crippen LogP contribution in [0, 0.1) is 5.92 Å². The van der Waals surface area contributed by atoms with Gasteiger partial charge in [-0.3, -0.25) is 0 Å². The minimum atomic E-state index is 0.0899. The Bertz CT molecular complexity index is 344. The number of aliphatic hydroxyl groups excluding tert-OH is 1. The number of aromatic nitrogens is 1. The molecule has 0 saturated carbocycles. The van der Waals surface area contributed by atoms with Crippen molar-refractivity contribution in [1.82, 2.24) is 10.3 Å². The lowest BCUT2D eigenvalue weighted by molar-refractivity contribution is 0.215. The molecular weight excluding hydrogens is 236 g/mol. The van der Waals surface area contributed by atoms with Crippen molar-refractivity contribution >= 4 is 11.6 Å². The maximum atomic E-state index is 9.33. The summed E-state index contributed by atoms with van der Waals surface area (Å²) in [5, 5.41) is 13.2. The normalized spacial score (nSPS) is 14.9. The topological polar surface area (TPSA) is 45.1 Å². The third-order valence-corrected chi connectivity index (χ3v) is 3.03. The monoisotopic (exact) mass is 256 g/mol. The van der Waals surface area contributed by atoms with Crippen molar-refractivity contribution in [1.29, 1.82) is 0 Å². The lowest BCUT2D eigenvalue weighted by atomic mass is 10.0. The molecule has 1 rings (SSSR count). The molecule has 0 fully saturated rings. The second-order valence-electron chi connectivity index (χ2n) is 4.78. The lowest BCUT2D eigenvalue weighted by Crippen LogP contribution is -2.35. The Labute approximate surface area is 108 Å². The highest BCUT2D eigenvalue weighted by Crippen LogP contribution is 2.21. The van der Waals surface area contributed by atoms with Crippen LogP contribution in [0.2, 0.25) is 5.15 Å². The summed E-state index contributed by atoms with van der Waals surface area (Å²) in [7, 11) is 0. The van der Waals surface area contributed by atoms with Crippen molar-refractivity contribution in [3.8, 4) is 0 Å². The van der Waals surface area contributed by atoms with E-state index in [-0.39, 0.29) is 18.7 Å². The first-order valence-electron chi connectivity index (χ1n) is 6.02. The van der Waals surface area contributed by atoms with Gasteiger partial charge in [-0.2, -0.15) is 0 Å². The predicted molar refractivity (Wildman–Crippen MR) is 71.1 cm³/mol. The number of halogens is 1. The number of rotatable bonds is 6. The van der Waals surface area contributed by atoms with Gasteiger partial charge in [0.15, 0.2) is 0 Å². The van der Waals surface area contributed by atoms with E-state index in [1.165, 1.54) is 0 Å². The molecule has 0 aromatic carbocycles. The average molecular weight is 257 g/mol. The van der Waals surface area contributed by atoms with Gasteiger partial charge in [-0.1, -0.05) is 31.5 Å². The third-order valence-electron chi connectivity index (χ3n) is 2.72. The van der Waals surface area contributed by atoms with Gasteiger partial charge in [0, 0.05) is 23.8 Å². The summed E-state index contributed by atoms with van der Waals surface area (Å²) in [6.07, 6.45) is 2.62. The Kier molecular flexibility index (Phi) is 5.89. The Morgan fingerprint density at radius 2 is 2.12 bits per heavy atom. The molecule has 0 aliphatic heterocycles. The first kappa shape index (κ1) is 14.4. The van der Waals surface area contributed by atoms with Crippen LogP contribution >= 0.6 is 11.6 Å². The Balaban J connectivity index is 2.64. The van der Waals surface area contributed by atoms with Gasteiger partial charge < -0.3 is 10.4 Å². The van der Waals surface area contributed by atoms with Crippen LogP contribution in [0.4, 0.5) is 0 Å². The van der Waals surface area contributed by atoms with E-state index in [0.717, 1.165) is 12.0 Å². The van der Waals surface area contributed by atoms with Gasteiger partial charge in [-0.25, -0.2) is 4.98 Å². The van der Waals surface area contributed by atoms with Crippen molar-refractivity contribution < 1.29 is 5.11 Å². The highest BCUT2D eigenvalue weighted by molar-refractivity contribution is 6.30. The molecule has 1 aromatic rings. The number of aliphatic hydroxyl groups is 1. The number of hydrogen-bond acceptors (Lipinski definition) is 3. The van der Waals surface area contributed by atoms with Crippen molar-refractivity contribution in [3.63, 3.8) is 0 Å². The van der Waals surface area contributed by atoms with E-state index in [9.17, 15) is 5.11 Å². The van der Waals surface area contributed by atoms with Crippen molar-refractivity contribution in [2.24, 2.45) is 5.92 Å². The highest BCUT2D eigenvalue weighted by atomic mass is 35.5. The van der Waals surface area contributed by atoms with E-state index in [4.69, 9.17) is 11.6 Å². The first-order valence-corrected chi connectivity index (χ1v) is 6.39. The van der Waals surface area contributed by atoms with E-state index in [1.807, 2.05) is 19.1 Å². The van der Waals surface area contributed by atoms with Gasteiger partial charge in [0.2, 0.25) is 0 Å². The fraction of sp³-hybridized carbons (Fsp3) is 0.615. The van der Waals surface area contributed by atoms with Gasteiger partial charge in [0.05, 0.1) is 6.61 Å². The fourth-order valence-corrected chi connectivity index (χ4v) is 2.21. The molecule has 1 aromatic heterocycles. The molecule has 17 heavy (non-hydrogen) atoms. The zero-order valence-electron chi connectivity index (χ0n) is 10.7. The second kappa shape index (κ2) is 6.94. The van der Waals surface area contributed by atoms with Crippen LogP contribution in [-0.4, -0.2) is 22.7 Å². The van der Waals surface area contributed by atoms with Crippen molar-refractivity contribution in [2.75, 3.05) is 6.61 Å². The zero-order chi connectivity index (χ0) is 12.8. The van der Waals surface area contributed by atoms with Crippen molar-refractivity contribution in [2.45, 2.75) is 39.3 Å². The van der Waals surface area contributed by atoms with Gasteiger partial charge >= 0.3 is 0 Å². The summed E-state index contributed by atoms with van der Waals surface area (Å²) in [6.45, 7) is 6.46. The fourth-order valence-electron chi connectivity index (χ4n) is 1.93. The summed E-state index contributed by atoms with van der Waals surface area (Å²) < 4.78 is 0. The predicted octanol–water partition coefficient (Wildman–Crippen LogP) is 2.79. The number of pyridine rings is 1. The maximum absolute atomic E-state index is 9.33. The summed E-state index contributed by atoms with van der Waals surface area (Å²) >= 11 is 6.04. The minimum absolute atomic E-state index is 0.0899. The van der Waals surface area contributed by atoms with Crippen LogP contribution in [0.1, 0.15) is 38.8 Å². The molecule has 4 heteroatoms. The maximum Gasteiger partial charge on any atom is 0.133 e. The molecule has 0 radical (unpaired) electrons. The quantitative estimate of drug-likeness (QED) is 0.770. The van der Waals surface area contributed by atoms with Crippen LogP contribution in [-0.2, 0) is 0 Å². The molecule has 96 valence electrons. The lowest BCUT2D eigenvalue weighted by Gasteiger charge is -2.23. The molecule has 0 spiro atoms. The van der Waals surface area contributed by atoms with Gasteiger partial charge in [-0.05, 0) is 25.3 Å². The van der Waals surface area contributed by atoms with E-state index >= 15 is 0 Å². The van der Waals surface area contributed by atoms with Gasteiger partial charge in [0.1, 0.15) is 5.15 Å². The van der Waals surface area contributed by atoms with Crippen molar-refractivity contribution in [3.05, 3.63) is 29.0 Å². The van der Waals surface area contributed by atoms with E-state index in [0.29, 0.717) is 11.1 Å². The van der Waals surface area contributed by atoms with Crippen LogP contribution in [0.5, 0.6) is 0 Å². The van der Waals surface area contributed by atoms with E-state index in [1.54, 1.807) is 6.20 Å². The van der Waals surface area contributed by atoms with Crippen LogP contribution in [0.3, 0.4) is 0 Å². The summed E-state index contributed by atoms with van der Waals surface area (Å²) in [4.78, 5) is 4.06. The molecule has 2 N–H and O–H groups in total. The van der Waals surface area contributed by atoms with E-state index < -0.39 is 0 Å². The molecule has 0 amide bonds. The first-order chi connectivity index (χ1) is 8.04. The zero-order valence-corrected chi connectivity index (χ0v) is 11.4. The second-order valence-corrected chi connectivity index (χ2v) is 5.14. The van der Waals surface area contributed by atoms with Crippen LogP contribution < -0.4 is 5.32 Å². The average Bonchev–Trinajstić information content (AvgIpc) is 2.27. The third kappa shape index (κ3) is 4.62. The molecule has 2 unspecified atom stereocenters. The summed E-state index contributed by atoms with van der Waals surface area (Å²) in [6, 6.07) is 4.01. The number of nitrogens with zero attached hydrogens (tertiary/aromatic N) is 1. The molecule has 0 saturated heterocycles. The molecule has 1 heterocycles. The molecular formula is C13H21ClN2O. The number of hydrogen-bond donors (Lipinski definition) is 2. The molecule has 0 aliphatic carbocycles. The van der Waals surface area contributed by atoms with Crippen LogP contribution in [0.25, 0.3) is 0 Å². The Hall–Kier alpha value is -0.640. The molecule has 0 aliphatic rings. The smallest absolute Gasteiger partial charge is 0.133 e. The highest BCUT2D eigenvalue weighted by Gasteiger charge is 2.16. The van der Waals surface area contributed by atoms with E-state index in [2.05, 4.69) is 24.1 Å². The largest absolute Gasteiger partial charge is 0.395 e. The van der Waals surface area contributed by atoms with Crippen LogP contribution in [0.15, 0.2) is 18.3 Å². The Morgan fingerprint density at radius 1 is 1.41 bits per heavy atom. The molecule has 2 atom stereocenters. The van der Waals surface area contributed by atoms with Gasteiger partial charge in [0.25, 0.3) is 0 Å². The SMILES string of the molecule is CC(C)CC(CO)NC(C)c1cccnc1Cl. The molecule has 0 bridgehead atoms.